The van der Waals surface area contributed by atoms with Gasteiger partial charge in [-0.3, -0.25) is 4.79 Å². The van der Waals surface area contributed by atoms with Crippen molar-refractivity contribution < 1.29 is 19.4 Å². The summed E-state index contributed by atoms with van der Waals surface area (Å²) in [7, 11) is 1.52. The van der Waals surface area contributed by atoms with Gasteiger partial charge in [0.1, 0.15) is 0 Å². The van der Waals surface area contributed by atoms with Crippen LogP contribution in [0.1, 0.15) is 19.4 Å². The van der Waals surface area contributed by atoms with Crippen LogP contribution in [0.4, 0.5) is 0 Å². The molecular formula is C14H21BrN2O4. The van der Waals surface area contributed by atoms with Crippen molar-refractivity contribution in [1.29, 1.82) is 0 Å². The van der Waals surface area contributed by atoms with Crippen molar-refractivity contribution in [2.24, 2.45) is 5.73 Å². The van der Waals surface area contributed by atoms with Gasteiger partial charge < -0.3 is 25.6 Å². The minimum absolute atomic E-state index is 0.0328. The first kappa shape index (κ1) is 17.7. The number of nitrogens with two attached hydrogens (primary N) is 1. The Morgan fingerprint density at radius 2 is 2.14 bits per heavy atom. The van der Waals surface area contributed by atoms with E-state index in [0.717, 1.165) is 5.56 Å². The van der Waals surface area contributed by atoms with Crippen LogP contribution in [0.2, 0.25) is 0 Å². The smallest absolute Gasteiger partial charge is 0.255 e. The van der Waals surface area contributed by atoms with Crippen LogP contribution in [0.15, 0.2) is 16.6 Å². The number of benzene rings is 1. The molecule has 0 fully saturated rings. The van der Waals surface area contributed by atoms with Crippen molar-refractivity contribution in [3.05, 3.63) is 22.2 Å². The number of carbonyl (C=O) groups is 1. The number of hydrogen-bond acceptors (Lipinski definition) is 5. The molecule has 1 amide bonds. The molecule has 0 aliphatic heterocycles. The van der Waals surface area contributed by atoms with Gasteiger partial charge in [-0.2, -0.15) is 0 Å². The Hall–Kier alpha value is -1.31. The van der Waals surface area contributed by atoms with Gasteiger partial charge in [0.15, 0.2) is 18.1 Å². The molecule has 0 saturated heterocycles. The van der Waals surface area contributed by atoms with E-state index in [4.69, 9.17) is 15.2 Å². The van der Waals surface area contributed by atoms with Crippen molar-refractivity contribution in [2.75, 3.05) is 20.3 Å². The number of rotatable bonds is 8. The molecule has 1 rings (SSSR count). The number of primary amides is 1. The highest BCUT2D eigenvalue weighted by molar-refractivity contribution is 9.10. The lowest BCUT2D eigenvalue weighted by Gasteiger charge is -2.24. The topological polar surface area (TPSA) is 93.8 Å². The fraction of sp³-hybridized carbons (Fsp3) is 0.500. The lowest BCUT2D eigenvalue weighted by Crippen LogP contribution is -2.42. The molecule has 0 atom stereocenters. The molecule has 0 unspecified atom stereocenters. The Kier molecular flexibility index (Phi) is 6.44. The maximum absolute atomic E-state index is 10.8. The van der Waals surface area contributed by atoms with E-state index in [1.54, 1.807) is 0 Å². The van der Waals surface area contributed by atoms with Crippen LogP contribution >= 0.6 is 15.9 Å². The molecule has 0 bridgehead atoms. The summed E-state index contributed by atoms with van der Waals surface area (Å²) in [5, 5.41) is 12.5. The Balaban J connectivity index is 2.90. The predicted molar refractivity (Wildman–Crippen MR) is 83.4 cm³/mol. The normalized spacial score (nSPS) is 11.3. The second-order valence-electron chi connectivity index (χ2n) is 5.26. The SMILES string of the molecule is COc1cc(CNC(C)(C)CO)cc(Br)c1OCC(N)=O. The van der Waals surface area contributed by atoms with Crippen molar-refractivity contribution in [3.63, 3.8) is 0 Å². The van der Waals surface area contributed by atoms with E-state index < -0.39 is 5.91 Å². The largest absolute Gasteiger partial charge is 0.493 e. The van der Waals surface area contributed by atoms with E-state index >= 15 is 0 Å². The molecule has 1 aromatic carbocycles. The average Bonchev–Trinajstić information content (AvgIpc) is 2.43. The summed E-state index contributed by atoms with van der Waals surface area (Å²) in [5.41, 5.74) is 5.65. The van der Waals surface area contributed by atoms with E-state index in [2.05, 4.69) is 21.2 Å². The zero-order valence-electron chi connectivity index (χ0n) is 12.4. The first-order valence-corrected chi connectivity index (χ1v) is 7.22. The third-order valence-corrected chi connectivity index (χ3v) is 3.40. The summed E-state index contributed by atoms with van der Waals surface area (Å²) in [6.07, 6.45) is 0. The molecule has 0 radical (unpaired) electrons. The highest BCUT2D eigenvalue weighted by Crippen LogP contribution is 2.36. The number of hydrogen-bond donors (Lipinski definition) is 3. The first-order valence-electron chi connectivity index (χ1n) is 6.42. The third-order valence-electron chi connectivity index (χ3n) is 2.81. The minimum Gasteiger partial charge on any atom is -0.493 e. The molecule has 7 heteroatoms. The summed E-state index contributed by atoms with van der Waals surface area (Å²) in [6, 6.07) is 3.67. The quantitative estimate of drug-likeness (QED) is 0.647. The lowest BCUT2D eigenvalue weighted by atomic mass is 10.1. The van der Waals surface area contributed by atoms with Crippen molar-refractivity contribution >= 4 is 21.8 Å². The Morgan fingerprint density at radius 1 is 1.48 bits per heavy atom. The predicted octanol–water partition coefficient (Wildman–Crippen LogP) is 1.18. The van der Waals surface area contributed by atoms with E-state index in [0.29, 0.717) is 22.5 Å². The standard InChI is InChI=1S/C14H21BrN2O4/c1-14(2,8-18)17-6-9-4-10(15)13(11(5-9)20-3)21-7-12(16)19/h4-5,17-18H,6-8H2,1-3H3,(H2,16,19). The molecule has 0 spiro atoms. The second-order valence-corrected chi connectivity index (χ2v) is 6.11. The van der Waals surface area contributed by atoms with Gasteiger partial charge in [-0.1, -0.05) is 0 Å². The van der Waals surface area contributed by atoms with Crippen molar-refractivity contribution in [1.82, 2.24) is 5.32 Å². The van der Waals surface area contributed by atoms with Crippen LogP contribution in [0.3, 0.4) is 0 Å². The fourth-order valence-corrected chi connectivity index (χ4v) is 2.16. The Bertz CT molecular complexity index is 506. The van der Waals surface area contributed by atoms with Gasteiger partial charge in [-0.05, 0) is 47.5 Å². The molecule has 21 heavy (non-hydrogen) atoms. The number of aliphatic hydroxyl groups is 1. The highest BCUT2D eigenvalue weighted by atomic mass is 79.9. The Morgan fingerprint density at radius 3 is 2.67 bits per heavy atom. The molecule has 0 aromatic heterocycles. The Labute approximate surface area is 132 Å². The number of amides is 1. The fourth-order valence-electron chi connectivity index (χ4n) is 1.56. The summed E-state index contributed by atoms with van der Waals surface area (Å²) in [6.45, 7) is 4.18. The van der Waals surface area contributed by atoms with Crippen LogP contribution in [0.25, 0.3) is 0 Å². The van der Waals surface area contributed by atoms with Gasteiger partial charge in [0.05, 0.1) is 18.2 Å². The van der Waals surface area contributed by atoms with E-state index in [1.165, 1.54) is 7.11 Å². The zero-order valence-corrected chi connectivity index (χ0v) is 14.0. The third kappa shape index (κ3) is 5.53. The van der Waals surface area contributed by atoms with Gasteiger partial charge in [0.2, 0.25) is 0 Å². The van der Waals surface area contributed by atoms with E-state index in [1.807, 2.05) is 26.0 Å². The van der Waals surface area contributed by atoms with Crippen LogP contribution in [0.5, 0.6) is 11.5 Å². The summed E-state index contributed by atoms with van der Waals surface area (Å²) in [5.74, 6) is 0.380. The number of aliphatic hydroxyl groups excluding tert-OH is 1. The van der Waals surface area contributed by atoms with Crippen LogP contribution in [-0.2, 0) is 11.3 Å². The molecule has 6 nitrogen and oxygen atoms in total. The van der Waals surface area contributed by atoms with Crippen molar-refractivity contribution in [3.8, 4) is 11.5 Å². The summed E-state index contributed by atoms with van der Waals surface area (Å²) in [4.78, 5) is 10.8. The maximum atomic E-state index is 10.8. The number of nitrogens with one attached hydrogen (secondary N) is 1. The maximum Gasteiger partial charge on any atom is 0.255 e. The molecular weight excluding hydrogens is 340 g/mol. The number of halogens is 1. The second kappa shape index (κ2) is 7.63. The molecule has 0 heterocycles. The molecule has 1 aromatic rings. The van der Waals surface area contributed by atoms with Crippen LogP contribution < -0.4 is 20.5 Å². The molecule has 0 aliphatic rings. The monoisotopic (exact) mass is 360 g/mol. The first-order chi connectivity index (χ1) is 9.79. The van der Waals surface area contributed by atoms with E-state index in [-0.39, 0.29) is 18.8 Å². The molecule has 118 valence electrons. The van der Waals surface area contributed by atoms with E-state index in [9.17, 15) is 9.90 Å². The van der Waals surface area contributed by atoms with Gasteiger partial charge in [-0.25, -0.2) is 0 Å². The number of ether oxygens (including phenoxy) is 2. The highest BCUT2D eigenvalue weighted by Gasteiger charge is 2.17. The van der Waals surface area contributed by atoms with Gasteiger partial charge in [-0.15, -0.1) is 0 Å². The average molecular weight is 361 g/mol. The number of methoxy groups -OCH3 is 1. The minimum atomic E-state index is -0.556. The molecule has 0 saturated carbocycles. The molecule has 0 aliphatic carbocycles. The van der Waals surface area contributed by atoms with Gasteiger partial charge >= 0.3 is 0 Å². The number of carbonyl (C=O) groups excluding carboxylic acids is 1. The summed E-state index contributed by atoms with van der Waals surface area (Å²) < 4.78 is 11.3. The summed E-state index contributed by atoms with van der Waals surface area (Å²) >= 11 is 3.39. The lowest BCUT2D eigenvalue weighted by molar-refractivity contribution is -0.119. The van der Waals surface area contributed by atoms with Gasteiger partial charge in [0, 0.05) is 12.1 Å². The van der Waals surface area contributed by atoms with Crippen molar-refractivity contribution in [2.45, 2.75) is 25.9 Å². The van der Waals surface area contributed by atoms with Gasteiger partial charge in [0.25, 0.3) is 5.91 Å². The van der Waals surface area contributed by atoms with Crippen LogP contribution in [-0.4, -0.2) is 36.9 Å². The van der Waals surface area contributed by atoms with Crippen LogP contribution in [0, 0.1) is 0 Å². The molecule has 4 N–H and O–H groups in total. The zero-order chi connectivity index (χ0) is 16.0.